The van der Waals surface area contributed by atoms with Crippen molar-refractivity contribution in [3.05, 3.63) is 102 Å². The Hall–Kier alpha value is -3.25. The van der Waals surface area contributed by atoms with Crippen LogP contribution in [-0.4, -0.2) is 33.3 Å². The van der Waals surface area contributed by atoms with Crippen LogP contribution in [0.3, 0.4) is 0 Å². The molecule has 4 nitrogen and oxygen atoms in total. The minimum Gasteiger partial charge on any atom is -0.304 e. The maximum absolute atomic E-state index is 13.7. The van der Waals surface area contributed by atoms with E-state index < -0.39 is 16.0 Å². The standard InChI is InChI=1S/C24H20FNO3S/c1-30(28,29)21-14-11-17(12-15-21)22-16-26(20-8-3-2-4-9-20)24(27)23(22)18-6-5-7-19(25)13-10-18/h2-15,19H,16H2,1H3. The highest BCUT2D eigenvalue weighted by molar-refractivity contribution is 7.90. The number of halogens is 1. The molecule has 0 radical (unpaired) electrons. The molecule has 1 aliphatic heterocycles. The van der Waals surface area contributed by atoms with Crippen LogP contribution in [0.2, 0.25) is 0 Å². The van der Waals surface area contributed by atoms with E-state index in [4.69, 9.17) is 0 Å². The zero-order chi connectivity index (χ0) is 21.3. The second-order valence-corrected chi connectivity index (χ2v) is 9.20. The Morgan fingerprint density at radius 1 is 1.00 bits per heavy atom. The van der Waals surface area contributed by atoms with Crippen molar-refractivity contribution in [1.82, 2.24) is 0 Å². The molecule has 1 atom stereocenters. The molecule has 1 aliphatic carbocycles. The summed E-state index contributed by atoms with van der Waals surface area (Å²) in [6.07, 6.45) is 7.72. The predicted molar refractivity (Wildman–Crippen MR) is 117 cm³/mol. The van der Waals surface area contributed by atoms with Crippen molar-refractivity contribution in [3.63, 3.8) is 0 Å². The van der Waals surface area contributed by atoms with Gasteiger partial charge in [0.05, 0.1) is 17.0 Å². The van der Waals surface area contributed by atoms with E-state index in [9.17, 15) is 17.6 Å². The Morgan fingerprint density at radius 3 is 2.37 bits per heavy atom. The second kappa shape index (κ2) is 7.88. The van der Waals surface area contributed by atoms with Crippen molar-refractivity contribution in [2.45, 2.75) is 11.1 Å². The Bertz CT molecular complexity index is 1210. The first kappa shape index (κ1) is 20.0. The van der Waals surface area contributed by atoms with Gasteiger partial charge in [0.25, 0.3) is 5.91 Å². The molecule has 2 aliphatic rings. The van der Waals surface area contributed by atoms with Crippen molar-refractivity contribution < 1.29 is 17.6 Å². The summed E-state index contributed by atoms with van der Waals surface area (Å²) in [7, 11) is -3.32. The van der Waals surface area contributed by atoms with Crippen LogP contribution in [0, 0.1) is 0 Å². The summed E-state index contributed by atoms with van der Waals surface area (Å²) >= 11 is 0. The summed E-state index contributed by atoms with van der Waals surface area (Å²) in [5.41, 5.74) is 3.40. The van der Waals surface area contributed by atoms with Gasteiger partial charge in [-0.25, -0.2) is 12.8 Å². The largest absolute Gasteiger partial charge is 0.304 e. The number of carbonyl (C=O) groups excluding carboxylic acids is 1. The molecule has 0 bridgehead atoms. The number of rotatable bonds is 4. The normalized spacial score (nSPS) is 19.3. The Morgan fingerprint density at radius 2 is 1.70 bits per heavy atom. The van der Waals surface area contributed by atoms with E-state index in [1.54, 1.807) is 47.4 Å². The molecule has 152 valence electrons. The van der Waals surface area contributed by atoms with Gasteiger partial charge in [-0.1, -0.05) is 48.6 Å². The lowest BCUT2D eigenvalue weighted by molar-refractivity contribution is -0.114. The lowest BCUT2D eigenvalue weighted by Gasteiger charge is -2.17. The average Bonchev–Trinajstić information content (AvgIpc) is 2.92. The first-order valence-corrected chi connectivity index (χ1v) is 11.4. The Balaban J connectivity index is 1.82. The maximum Gasteiger partial charge on any atom is 0.259 e. The number of para-hydroxylation sites is 1. The number of anilines is 1. The Labute approximate surface area is 175 Å². The molecular weight excluding hydrogens is 401 g/mol. The molecule has 0 aromatic heterocycles. The van der Waals surface area contributed by atoms with Crippen LogP contribution in [0.1, 0.15) is 5.56 Å². The molecule has 0 spiro atoms. The van der Waals surface area contributed by atoms with E-state index in [1.807, 2.05) is 30.3 Å². The zero-order valence-electron chi connectivity index (χ0n) is 16.3. The Kier molecular flexibility index (Phi) is 5.26. The third kappa shape index (κ3) is 3.91. The molecule has 6 heteroatoms. The van der Waals surface area contributed by atoms with Gasteiger partial charge in [-0.05, 0) is 53.1 Å². The van der Waals surface area contributed by atoms with Crippen LogP contribution in [0.25, 0.3) is 5.57 Å². The van der Waals surface area contributed by atoms with Gasteiger partial charge in [0.15, 0.2) is 9.84 Å². The fourth-order valence-electron chi connectivity index (χ4n) is 3.57. The lowest BCUT2D eigenvalue weighted by Crippen LogP contribution is -2.26. The highest BCUT2D eigenvalue weighted by Gasteiger charge is 2.33. The summed E-state index contributed by atoms with van der Waals surface area (Å²) in [5.74, 6) is -0.176. The quantitative estimate of drug-likeness (QED) is 0.740. The first-order valence-electron chi connectivity index (χ1n) is 9.46. The van der Waals surface area contributed by atoms with E-state index in [2.05, 4.69) is 0 Å². The monoisotopic (exact) mass is 421 g/mol. The van der Waals surface area contributed by atoms with Crippen molar-refractivity contribution in [1.29, 1.82) is 0 Å². The third-order valence-corrected chi connectivity index (χ3v) is 6.22. The molecule has 0 fully saturated rings. The lowest BCUT2D eigenvalue weighted by atomic mass is 9.96. The first-order chi connectivity index (χ1) is 14.3. The molecule has 0 saturated carbocycles. The van der Waals surface area contributed by atoms with Gasteiger partial charge >= 0.3 is 0 Å². The molecule has 0 saturated heterocycles. The van der Waals surface area contributed by atoms with Gasteiger partial charge in [0.1, 0.15) is 6.17 Å². The molecular formula is C24H20FNO3S. The minimum atomic E-state index is -3.32. The van der Waals surface area contributed by atoms with Gasteiger partial charge in [0.2, 0.25) is 0 Å². The number of carbonyl (C=O) groups is 1. The molecule has 4 rings (SSSR count). The van der Waals surface area contributed by atoms with Gasteiger partial charge in [-0.2, -0.15) is 0 Å². The van der Waals surface area contributed by atoms with Crippen LogP contribution in [0.5, 0.6) is 0 Å². The molecule has 0 N–H and O–H groups in total. The highest BCUT2D eigenvalue weighted by atomic mass is 32.2. The molecule has 2 aromatic carbocycles. The number of hydrogen-bond donors (Lipinski definition) is 0. The van der Waals surface area contributed by atoms with E-state index in [1.165, 1.54) is 12.2 Å². The average molecular weight is 421 g/mol. The van der Waals surface area contributed by atoms with Crippen LogP contribution in [0.15, 0.2) is 101 Å². The van der Waals surface area contributed by atoms with Crippen LogP contribution in [0.4, 0.5) is 10.1 Å². The summed E-state index contributed by atoms with van der Waals surface area (Å²) in [5, 5.41) is 0. The minimum absolute atomic E-state index is 0.176. The van der Waals surface area contributed by atoms with Gasteiger partial charge in [0, 0.05) is 11.9 Å². The fourth-order valence-corrected chi connectivity index (χ4v) is 4.20. The summed E-state index contributed by atoms with van der Waals surface area (Å²) in [4.78, 5) is 15.3. The summed E-state index contributed by atoms with van der Waals surface area (Å²) in [6.45, 7) is 0.338. The van der Waals surface area contributed by atoms with Crippen molar-refractivity contribution >= 4 is 27.0 Å². The van der Waals surface area contributed by atoms with Crippen LogP contribution < -0.4 is 4.90 Å². The highest BCUT2D eigenvalue weighted by Crippen LogP contribution is 2.36. The topological polar surface area (TPSA) is 54.5 Å². The number of nitrogens with zero attached hydrogens (tertiary/aromatic N) is 1. The fraction of sp³-hybridized carbons (Fsp3) is 0.125. The van der Waals surface area contributed by atoms with E-state index in [0.717, 1.165) is 23.1 Å². The van der Waals surface area contributed by atoms with Crippen molar-refractivity contribution in [2.75, 3.05) is 17.7 Å². The SMILES string of the molecule is CS(=O)(=O)c1ccc(C2=C(C3=CC=CC(F)C=C3)C(=O)N(c3ccccc3)C2)cc1. The maximum atomic E-state index is 13.7. The van der Waals surface area contributed by atoms with Crippen LogP contribution >= 0.6 is 0 Å². The smallest absolute Gasteiger partial charge is 0.259 e. The molecule has 30 heavy (non-hydrogen) atoms. The number of sulfone groups is 1. The molecule has 2 aromatic rings. The van der Waals surface area contributed by atoms with Crippen molar-refractivity contribution in [2.24, 2.45) is 0 Å². The number of allylic oxidation sites excluding steroid dienone is 5. The van der Waals surface area contributed by atoms with Crippen LogP contribution in [-0.2, 0) is 14.6 Å². The van der Waals surface area contributed by atoms with E-state index >= 15 is 0 Å². The summed E-state index contributed by atoms with van der Waals surface area (Å²) in [6, 6.07) is 15.8. The van der Waals surface area contributed by atoms with Gasteiger partial charge in [-0.15, -0.1) is 0 Å². The van der Waals surface area contributed by atoms with Gasteiger partial charge < -0.3 is 4.90 Å². The predicted octanol–water partition coefficient (Wildman–Crippen LogP) is 4.28. The van der Waals surface area contributed by atoms with Crippen molar-refractivity contribution in [3.8, 4) is 0 Å². The van der Waals surface area contributed by atoms with Gasteiger partial charge in [-0.3, -0.25) is 4.79 Å². The third-order valence-electron chi connectivity index (χ3n) is 5.09. The van der Waals surface area contributed by atoms with E-state index in [0.29, 0.717) is 17.7 Å². The molecule has 1 unspecified atom stereocenters. The number of amides is 1. The number of benzene rings is 2. The second-order valence-electron chi connectivity index (χ2n) is 7.19. The number of hydrogen-bond acceptors (Lipinski definition) is 3. The zero-order valence-corrected chi connectivity index (χ0v) is 17.1. The van der Waals surface area contributed by atoms with E-state index in [-0.39, 0.29) is 10.8 Å². The number of alkyl halides is 1. The summed E-state index contributed by atoms with van der Waals surface area (Å²) < 4.78 is 37.3. The molecule has 1 heterocycles. The molecule has 1 amide bonds.